The van der Waals surface area contributed by atoms with Gasteiger partial charge in [-0.05, 0) is 0 Å². The van der Waals surface area contributed by atoms with Crippen molar-refractivity contribution in [2.24, 2.45) is 21.6 Å². The molecule has 0 aromatic heterocycles. The zero-order chi connectivity index (χ0) is 7.28. The van der Waals surface area contributed by atoms with E-state index in [1.54, 1.807) is 7.05 Å². The van der Waals surface area contributed by atoms with Crippen molar-refractivity contribution in [2.75, 3.05) is 7.05 Å². The van der Waals surface area contributed by atoms with Crippen LogP contribution >= 0.6 is 0 Å². The largest absolute Gasteiger partial charge is 0.387 e. The molecule has 0 rings (SSSR count). The molecule has 0 saturated carbocycles. The standard InChI is InChI=1S/C6H13N3/c1-5(2)6(7)9-4-8-3/h4-5H,1-3H3,(H2,7,8,9). The van der Waals surface area contributed by atoms with Crippen LogP contribution in [0.5, 0.6) is 0 Å². The minimum Gasteiger partial charge on any atom is -0.387 e. The summed E-state index contributed by atoms with van der Waals surface area (Å²) in [6, 6.07) is 0. The summed E-state index contributed by atoms with van der Waals surface area (Å²) in [4.78, 5) is 7.51. The van der Waals surface area contributed by atoms with E-state index in [0.29, 0.717) is 11.8 Å². The molecule has 0 aliphatic carbocycles. The van der Waals surface area contributed by atoms with Crippen molar-refractivity contribution in [3.63, 3.8) is 0 Å². The molecule has 0 aliphatic rings. The second-order valence-corrected chi connectivity index (χ2v) is 2.08. The SMILES string of the molecule is CN=CN=C(N)C(C)C. The average Bonchev–Trinajstić information content (AvgIpc) is 1.82. The van der Waals surface area contributed by atoms with Gasteiger partial charge in [0.15, 0.2) is 0 Å². The highest BCUT2D eigenvalue weighted by atomic mass is 14.9. The highest BCUT2D eigenvalue weighted by Gasteiger charge is 1.94. The fraction of sp³-hybridized carbons (Fsp3) is 0.667. The Bertz CT molecular complexity index is 124. The molecule has 0 unspecified atom stereocenters. The first kappa shape index (κ1) is 8.14. The van der Waals surface area contributed by atoms with Crippen LogP contribution in [0, 0.1) is 5.92 Å². The third-order valence-electron chi connectivity index (χ3n) is 0.914. The van der Waals surface area contributed by atoms with Crippen LogP contribution in [-0.4, -0.2) is 19.2 Å². The van der Waals surface area contributed by atoms with E-state index < -0.39 is 0 Å². The number of amidine groups is 1. The Morgan fingerprint density at radius 2 is 2.11 bits per heavy atom. The van der Waals surface area contributed by atoms with E-state index in [2.05, 4.69) is 9.98 Å². The summed E-state index contributed by atoms with van der Waals surface area (Å²) in [7, 11) is 1.66. The van der Waals surface area contributed by atoms with Crippen molar-refractivity contribution >= 4 is 12.2 Å². The number of nitrogens with zero attached hydrogens (tertiary/aromatic N) is 2. The number of aliphatic imine (C=N–C) groups is 2. The summed E-state index contributed by atoms with van der Waals surface area (Å²) in [6.45, 7) is 3.98. The fourth-order valence-corrected chi connectivity index (χ4v) is 0.273. The molecule has 0 atom stereocenters. The van der Waals surface area contributed by atoms with Crippen LogP contribution in [-0.2, 0) is 0 Å². The molecule has 0 fully saturated rings. The maximum absolute atomic E-state index is 5.46. The van der Waals surface area contributed by atoms with E-state index in [-0.39, 0.29) is 0 Å². The minimum absolute atomic E-state index is 0.308. The molecule has 0 heterocycles. The molecule has 0 aromatic rings. The first-order chi connectivity index (χ1) is 4.18. The normalized spacial score (nSPS) is 13.6. The zero-order valence-electron chi connectivity index (χ0n) is 6.13. The molecule has 0 amide bonds. The maximum atomic E-state index is 5.46. The Kier molecular flexibility index (Phi) is 3.67. The van der Waals surface area contributed by atoms with Gasteiger partial charge in [-0.3, -0.25) is 4.99 Å². The highest BCUT2D eigenvalue weighted by Crippen LogP contribution is 1.88. The van der Waals surface area contributed by atoms with E-state index in [9.17, 15) is 0 Å². The van der Waals surface area contributed by atoms with Gasteiger partial charge >= 0.3 is 0 Å². The summed E-state index contributed by atoms with van der Waals surface area (Å²) in [6.07, 6.45) is 1.45. The van der Waals surface area contributed by atoms with E-state index in [0.717, 1.165) is 0 Å². The van der Waals surface area contributed by atoms with Gasteiger partial charge in [0.05, 0.1) is 0 Å². The van der Waals surface area contributed by atoms with Crippen LogP contribution < -0.4 is 5.73 Å². The molecule has 0 aliphatic heterocycles. The lowest BCUT2D eigenvalue weighted by Crippen LogP contribution is -2.18. The lowest BCUT2D eigenvalue weighted by Gasteiger charge is -1.99. The molecule has 3 heteroatoms. The van der Waals surface area contributed by atoms with Crippen LogP contribution in [0.15, 0.2) is 9.98 Å². The molecule has 52 valence electrons. The van der Waals surface area contributed by atoms with Crippen LogP contribution in [0.1, 0.15) is 13.8 Å². The Morgan fingerprint density at radius 3 is 2.44 bits per heavy atom. The molecule has 3 nitrogen and oxygen atoms in total. The minimum atomic E-state index is 0.308. The second kappa shape index (κ2) is 4.06. The molecule has 0 aromatic carbocycles. The molecular formula is C6H13N3. The van der Waals surface area contributed by atoms with Gasteiger partial charge in [0.2, 0.25) is 0 Å². The number of hydrogen-bond donors (Lipinski definition) is 1. The van der Waals surface area contributed by atoms with Gasteiger partial charge in [-0.1, -0.05) is 13.8 Å². The Labute approximate surface area is 55.7 Å². The molecule has 0 bridgehead atoms. The highest BCUT2D eigenvalue weighted by molar-refractivity contribution is 5.88. The molecule has 0 saturated heterocycles. The summed E-state index contributed by atoms with van der Waals surface area (Å²) in [5, 5.41) is 0. The van der Waals surface area contributed by atoms with Gasteiger partial charge in [0.1, 0.15) is 12.2 Å². The quantitative estimate of drug-likeness (QED) is 0.430. The molecule has 0 radical (unpaired) electrons. The second-order valence-electron chi connectivity index (χ2n) is 2.08. The summed E-state index contributed by atoms with van der Waals surface area (Å²) < 4.78 is 0. The molecular weight excluding hydrogens is 114 g/mol. The Morgan fingerprint density at radius 1 is 1.56 bits per heavy atom. The zero-order valence-corrected chi connectivity index (χ0v) is 6.13. The predicted molar refractivity (Wildman–Crippen MR) is 40.9 cm³/mol. The Hall–Kier alpha value is -0.860. The smallest absolute Gasteiger partial charge is 0.111 e. The third-order valence-corrected chi connectivity index (χ3v) is 0.914. The van der Waals surface area contributed by atoms with E-state index in [4.69, 9.17) is 5.73 Å². The first-order valence-corrected chi connectivity index (χ1v) is 2.92. The summed E-state index contributed by atoms with van der Waals surface area (Å²) in [5.74, 6) is 0.934. The van der Waals surface area contributed by atoms with Crippen molar-refractivity contribution in [1.82, 2.24) is 0 Å². The summed E-state index contributed by atoms with van der Waals surface area (Å²) in [5.41, 5.74) is 5.46. The first-order valence-electron chi connectivity index (χ1n) is 2.92. The topological polar surface area (TPSA) is 50.7 Å². The lowest BCUT2D eigenvalue weighted by atomic mass is 10.2. The number of hydrogen-bond acceptors (Lipinski definition) is 1. The van der Waals surface area contributed by atoms with Gasteiger partial charge < -0.3 is 5.73 Å². The third kappa shape index (κ3) is 3.70. The van der Waals surface area contributed by atoms with Crippen LogP contribution in [0.4, 0.5) is 0 Å². The maximum Gasteiger partial charge on any atom is 0.111 e. The summed E-state index contributed by atoms with van der Waals surface area (Å²) >= 11 is 0. The number of nitrogens with two attached hydrogens (primary N) is 1. The van der Waals surface area contributed by atoms with E-state index in [1.807, 2.05) is 13.8 Å². The predicted octanol–water partition coefficient (Wildman–Crippen LogP) is 0.658. The molecule has 0 spiro atoms. The van der Waals surface area contributed by atoms with Crippen LogP contribution in [0.3, 0.4) is 0 Å². The van der Waals surface area contributed by atoms with Crippen LogP contribution in [0.25, 0.3) is 0 Å². The van der Waals surface area contributed by atoms with Gasteiger partial charge in [0.25, 0.3) is 0 Å². The van der Waals surface area contributed by atoms with Gasteiger partial charge in [-0.25, -0.2) is 4.99 Å². The molecule has 2 N–H and O–H groups in total. The monoisotopic (exact) mass is 127 g/mol. The van der Waals surface area contributed by atoms with Gasteiger partial charge in [0, 0.05) is 13.0 Å². The lowest BCUT2D eigenvalue weighted by molar-refractivity contribution is 0.875. The Balaban J connectivity index is 3.84. The fourth-order valence-electron chi connectivity index (χ4n) is 0.273. The van der Waals surface area contributed by atoms with Crippen molar-refractivity contribution in [2.45, 2.75) is 13.8 Å². The average molecular weight is 127 g/mol. The van der Waals surface area contributed by atoms with E-state index in [1.165, 1.54) is 6.34 Å². The number of rotatable bonds is 2. The van der Waals surface area contributed by atoms with Gasteiger partial charge in [-0.2, -0.15) is 0 Å². The van der Waals surface area contributed by atoms with Crippen LogP contribution in [0.2, 0.25) is 0 Å². The molecule has 9 heavy (non-hydrogen) atoms. The van der Waals surface area contributed by atoms with Crippen molar-refractivity contribution in [1.29, 1.82) is 0 Å². The van der Waals surface area contributed by atoms with Crippen molar-refractivity contribution < 1.29 is 0 Å². The van der Waals surface area contributed by atoms with Gasteiger partial charge in [-0.15, -0.1) is 0 Å². The van der Waals surface area contributed by atoms with Crippen molar-refractivity contribution in [3.8, 4) is 0 Å². The van der Waals surface area contributed by atoms with Crippen molar-refractivity contribution in [3.05, 3.63) is 0 Å². The van der Waals surface area contributed by atoms with E-state index >= 15 is 0 Å².